The molecule has 4 atom stereocenters. The van der Waals surface area contributed by atoms with Gasteiger partial charge in [-0.2, -0.15) is 0 Å². The SMILES string of the molecule is CC1(C)CC1C(=O)N1CC2CCC(N)C2C1.Cl. The summed E-state index contributed by atoms with van der Waals surface area (Å²) in [6.07, 6.45) is 3.46. The van der Waals surface area contributed by atoms with Crippen molar-refractivity contribution in [3.8, 4) is 0 Å². The molecule has 4 heteroatoms. The Balaban J connectivity index is 0.00000108. The van der Waals surface area contributed by atoms with E-state index < -0.39 is 0 Å². The quantitative estimate of drug-likeness (QED) is 0.778. The van der Waals surface area contributed by atoms with Crippen LogP contribution in [-0.2, 0) is 4.79 Å². The van der Waals surface area contributed by atoms with Crippen LogP contribution in [0.25, 0.3) is 0 Å². The summed E-state index contributed by atoms with van der Waals surface area (Å²) in [5, 5.41) is 0. The standard InChI is InChI=1S/C13H22N2O.ClH/c1-13(2)5-10(13)12(16)15-6-8-3-4-11(14)9(8)7-15;/h8-11H,3-7,14H2,1-2H3;1H. The van der Waals surface area contributed by atoms with Gasteiger partial charge in [0, 0.05) is 25.0 Å². The molecule has 98 valence electrons. The lowest BCUT2D eigenvalue weighted by Gasteiger charge is -2.19. The van der Waals surface area contributed by atoms with Gasteiger partial charge in [-0.25, -0.2) is 0 Å². The van der Waals surface area contributed by atoms with Crippen molar-refractivity contribution >= 4 is 18.3 Å². The van der Waals surface area contributed by atoms with Gasteiger partial charge in [0.25, 0.3) is 0 Å². The summed E-state index contributed by atoms with van der Waals surface area (Å²) in [7, 11) is 0. The van der Waals surface area contributed by atoms with E-state index in [9.17, 15) is 4.79 Å². The average Bonchev–Trinajstić information content (AvgIpc) is 2.63. The molecule has 0 spiro atoms. The first-order valence-corrected chi connectivity index (χ1v) is 6.53. The van der Waals surface area contributed by atoms with Crippen LogP contribution in [0.15, 0.2) is 0 Å². The van der Waals surface area contributed by atoms with Crippen molar-refractivity contribution in [2.75, 3.05) is 13.1 Å². The fourth-order valence-corrected chi connectivity index (χ4v) is 3.60. The van der Waals surface area contributed by atoms with Crippen LogP contribution in [0.3, 0.4) is 0 Å². The number of hydrogen-bond donors (Lipinski definition) is 1. The predicted octanol–water partition coefficient (Wildman–Crippen LogP) is 1.65. The minimum atomic E-state index is 0. The Morgan fingerprint density at radius 1 is 1.29 bits per heavy atom. The number of fused-ring (bicyclic) bond motifs is 1. The van der Waals surface area contributed by atoms with E-state index in [1.165, 1.54) is 6.42 Å². The van der Waals surface area contributed by atoms with E-state index in [0.717, 1.165) is 25.9 Å². The van der Waals surface area contributed by atoms with Crippen molar-refractivity contribution in [2.24, 2.45) is 28.9 Å². The molecule has 3 fully saturated rings. The second-order valence-electron chi connectivity index (χ2n) is 6.65. The molecule has 3 nitrogen and oxygen atoms in total. The predicted molar refractivity (Wildman–Crippen MR) is 69.9 cm³/mol. The summed E-state index contributed by atoms with van der Waals surface area (Å²) in [6, 6.07) is 0.343. The highest BCUT2D eigenvalue weighted by atomic mass is 35.5. The van der Waals surface area contributed by atoms with E-state index >= 15 is 0 Å². The van der Waals surface area contributed by atoms with Crippen LogP contribution in [0.1, 0.15) is 33.1 Å². The number of carbonyl (C=O) groups is 1. The van der Waals surface area contributed by atoms with E-state index in [2.05, 4.69) is 18.7 Å². The Morgan fingerprint density at radius 2 is 1.94 bits per heavy atom. The molecule has 0 aromatic heterocycles. The summed E-state index contributed by atoms with van der Waals surface area (Å²) < 4.78 is 0. The average molecular weight is 259 g/mol. The number of nitrogens with zero attached hydrogens (tertiary/aromatic N) is 1. The van der Waals surface area contributed by atoms with E-state index in [0.29, 0.717) is 29.7 Å². The zero-order valence-corrected chi connectivity index (χ0v) is 11.5. The largest absolute Gasteiger partial charge is 0.342 e. The van der Waals surface area contributed by atoms with Crippen LogP contribution in [0, 0.1) is 23.2 Å². The summed E-state index contributed by atoms with van der Waals surface area (Å²) in [5.74, 6) is 1.97. The molecule has 0 bridgehead atoms. The van der Waals surface area contributed by atoms with Crippen LogP contribution >= 0.6 is 12.4 Å². The minimum absolute atomic E-state index is 0. The van der Waals surface area contributed by atoms with E-state index in [1.54, 1.807) is 0 Å². The third-order valence-corrected chi connectivity index (χ3v) is 5.04. The second kappa shape index (κ2) is 4.13. The van der Waals surface area contributed by atoms with Crippen molar-refractivity contribution in [1.82, 2.24) is 4.90 Å². The van der Waals surface area contributed by atoms with E-state index in [-0.39, 0.29) is 17.8 Å². The van der Waals surface area contributed by atoms with Crippen LogP contribution in [-0.4, -0.2) is 29.9 Å². The molecule has 0 radical (unpaired) electrons. The molecule has 1 aliphatic heterocycles. The van der Waals surface area contributed by atoms with Gasteiger partial charge in [0.15, 0.2) is 0 Å². The number of hydrogen-bond acceptors (Lipinski definition) is 2. The number of carbonyl (C=O) groups excluding carboxylic acids is 1. The first-order valence-electron chi connectivity index (χ1n) is 6.53. The first kappa shape index (κ1) is 13.2. The number of nitrogens with two attached hydrogens (primary N) is 1. The Bertz CT molecular complexity index is 331. The Kier molecular flexibility index (Phi) is 3.20. The van der Waals surface area contributed by atoms with Crippen molar-refractivity contribution in [3.63, 3.8) is 0 Å². The lowest BCUT2D eigenvalue weighted by atomic mass is 9.98. The summed E-state index contributed by atoms with van der Waals surface area (Å²) in [4.78, 5) is 14.3. The fraction of sp³-hybridized carbons (Fsp3) is 0.923. The third kappa shape index (κ3) is 2.08. The third-order valence-electron chi connectivity index (χ3n) is 5.04. The smallest absolute Gasteiger partial charge is 0.226 e. The lowest BCUT2D eigenvalue weighted by molar-refractivity contribution is -0.132. The van der Waals surface area contributed by atoms with Crippen molar-refractivity contribution < 1.29 is 4.79 Å². The number of amides is 1. The van der Waals surface area contributed by atoms with Crippen LogP contribution in [0.2, 0.25) is 0 Å². The molecule has 2 aliphatic carbocycles. The maximum absolute atomic E-state index is 12.2. The van der Waals surface area contributed by atoms with Crippen LogP contribution in [0.4, 0.5) is 0 Å². The first-order chi connectivity index (χ1) is 7.49. The highest BCUT2D eigenvalue weighted by molar-refractivity contribution is 5.85. The van der Waals surface area contributed by atoms with Crippen molar-refractivity contribution in [3.05, 3.63) is 0 Å². The molecule has 0 aromatic carbocycles. The molecule has 1 heterocycles. The van der Waals surface area contributed by atoms with Gasteiger partial charge in [0.2, 0.25) is 5.91 Å². The monoisotopic (exact) mass is 258 g/mol. The lowest BCUT2D eigenvalue weighted by Crippen LogP contribution is -2.35. The van der Waals surface area contributed by atoms with Crippen LogP contribution < -0.4 is 5.73 Å². The zero-order chi connectivity index (χ0) is 11.5. The minimum Gasteiger partial charge on any atom is -0.342 e. The highest BCUT2D eigenvalue weighted by Gasteiger charge is 2.54. The molecule has 4 unspecified atom stereocenters. The molecular formula is C13H23ClN2O. The van der Waals surface area contributed by atoms with Gasteiger partial charge in [0.05, 0.1) is 0 Å². The molecule has 2 saturated carbocycles. The van der Waals surface area contributed by atoms with Crippen molar-refractivity contribution in [2.45, 2.75) is 39.2 Å². The van der Waals surface area contributed by atoms with E-state index in [1.807, 2.05) is 0 Å². The molecule has 2 N–H and O–H groups in total. The van der Waals surface area contributed by atoms with E-state index in [4.69, 9.17) is 5.73 Å². The van der Waals surface area contributed by atoms with Gasteiger partial charge in [-0.15, -0.1) is 12.4 Å². The Labute approximate surface area is 110 Å². The Hall–Kier alpha value is -0.280. The molecule has 0 aromatic rings. The molecule has 17 heavy (non-hydrogen) atoms. The normalized spacial score (nSPS) is 41.9. The Morgan fingerprint density at radius 3 is 2.47 bits per heavy atom. The highest BCUT2D eigenvalue weighted by Crippen LogP contribution is 2.53. The second-order valence-corrected chi connectivity index (χ2v) is 6.65. The summed E-state index contributed by atoms with van der Waals surface area (Å²) in [6.45, 7) is 6.29. The molecule has 1 amide bonds. The molecular weight excluding hydrogens is 236 g/mol. The fourth-order valence-electron chi connectivity index (χ4n) is 3.60. The number of rotatable bonds is 1. The van der Waals surface area contributed by atoms with Gasteiger partial charge in [-0.05, 0) is 36.5 Å². The maximum Gasteiger partial charge on any atom is 0.226 e. The molecule has 3 rings (SSSR count). The van der Waals surface area contributed by atoms with Gasteiger partial charge < -0.3 is 10.6 Å². The number of likely N-dealkylation sites (tertiary alicyclic amines) is 1. The zero-order valence-electron chi connectivity index (χ0n) is 10.7. The van der Waals surface area contributed by atoms with Gasteiger partial charge in [-0.3, -0.25) is 4.79 Å². The van der Waals surface area contributed by atoms with Crippen molar-refractivity contribution in [1.29, 1.82) is 0 Å². The molecule has 1 saturated heterocycles. The van der Waals surface area contributed by atoms with Gasteiger partial charge in [-0.1, -0.05) is 13.8 Å². The summed E-state index contributed by atoms with van der Waals surface area (Å²) in [5.41, 5.74) is 6.35. The summed E-state index contributed by atoms with van der Waals surface area (Å²) >= 11 is 0. The number of halogens is 1. The van der Waals surface area contributed by atoms with Gasteiger partial charge >= 0.3 is 0 Å². The molecule has 3 aliphatic rings. The topological polar surface area (TPSA) is 46.3 Å². The van der Waals surface area contributed by atoms with Crippen LogP contribution in [0.5, 0.6) is 0 Å². The maximum atomic E-state index is 12.2. The van der Waals surface area contributed by atoms with Gasteiger partial charge in [0.1, 0.15) is 0 Å².